The fourth-order valence-corrected chi connectivity index (χ4v) is 2.85. The topological polar surface area (TPSA) is 101 Å². The average Bonchev–Trinajstić information content (AvgIpc) is 2.26. The van der Waals surface area contributed by atoms with Gasteiger partial charge in [-0.15, -0.1) is 0 Å². The molecule has 0 aromatic heterocycles. The molecule has 0 unspecified atom stereocenters. The van der Waals surface area contributed by atoms with Crippen molar-refractivity contribution in [3.63, 3.8) is 0 Å². The quantitative estimate of drug-likeness (QED) is 0.853. The number of carboxylic acids is 1. The zero-order valence-electron chi connectivity index (χ0n) is 10.9. The van der Waals surface area contributed by atoms with Crippen LogP contribution in [-0.2, 0) is 14.6 Å². The molecule has 2 N–H and O–H groups in total. The molecule has 0 radical (unpaired) electrons. The molecule has 0 saturated heterocycles. The Bertz CT molecular complexity index is 639. The summed E-state index contributed by atoms with van der Waals surface area (Å²) < 4.78 is 24.0. The van der Waals surface area contributed by atoms with Crippen LogP contribution < -0.4 is 5.32 Å². The van der Waals surface area contributed by atoms with Crippen LogP contribution in [0.1, 0.15) is 24.2 Å². The number of hydrogen-bond donors (Lipinski definition) is 2. The maximum Gasteiger partial charge on any atom is 0.337 e. The van der Waals surface area contributed by atoms with E-state index in [0.29, 0.717) is 0 Å². The highest BCUT2D eigenvalue weighted by atomic mass is 35.5. The van der Waals surface area contributed by atoms with Gasteiger partial charge < -0.3 is 10.4 Å². The highest BCUT2D eigenvalue weighted by Gasteiger charge is 2.22. The number of benzene rings is 1. The van der Waals surface area contributed by atoms with Crippen LogP contribution in [0.3, 0.4) is 0 Å². The summed E-state index contributed by atoms with van der Waals surface area (Å²) in [5, 5.41) is 11.3. The third-order valence-corrected chi connectivity index (χ3v) is 4.24. The molecule has 110 valence electrons. The predicted octanol–water partition coefficient (Wildman–Crippen LogP) is 1.34. The molecule has 0 atom stereocenters. The summed E-state index contributed by atoms with van der Waals surface area (Å²) in [5.41, 5.74) is -0.322. The van der Waals surface area contributed by atoms with Gasteiger partial charge in [0.05, 0.1) is 15.5 Å². The fraction of sp³-hybridized carbons (Fsp3) is 0.333. The smallest absolute Gasteiger partial charge is 0.337 e. The number of nitrogens with one attached hydrogen (secondary N) is 1. The van der Waals surface area contributed by atoms with E-state index in [4.69, 9.17) is 16.7 Å². The number of aromatic carboxylic acids is 1. The molecule has 0 aliphatic carbocycles. The lowest BCUT2D eigenvalue weighted by atomic mass is 10.2. The Morgan fingerprint density at radius 1 is 1.35 bits per heavy atom. The van der Waals surface area contributed by atoms with Crippen LogP contribution in [0, 0.1) is 0 Å². The second-order valence-electron chi connectivity index (χ2n) is 4.43. The van der Waals surface area contributed by atoms with Gasteiger partial charge in [0, 0.05) is 6.04 Å². The van der Waals surface area contributed by atoms with E-state index in [2.05, 4.69) is 5.32 Å². The Hall–Kier alpha value is -1.60. The van der Waals surface area contributed by atoms with Crippen LogP contribution in [0.4, 0.5) is 0 Å². The van der Waals surface area contributed by atoms with Gasteiger partial charge in [-0.25, -0.2) is 13.2 Å². The molecule has 0 bridgehead atoms. The zero-order chi connectivity index (χ0) is 15.5. The molecule has 6 nitrogen and oxygen atoms in total. The van der Waals surface area contributed by atoms with Crippen molar-refractivity contribution >= 4 is 33.3 Å². The van der Waals surface area contributed by atoms with Gasteiger partial charge in [0.1, 0.15) is 5.75 Å². The van der Waals surface area contributed by atoms with Gasteiger partial charge >= 0.3 is 5.97 Å². The predicted molar refractivity (Wildman–Crippen MR) is 73.7 cm³/mol. The van der Waals surface area contributed by atoms with E-state index in [1.807, 2.05) is 0 Å². The minimum Gasteiger partial charge on any atom is -0.478 e. The van der Waals surface area contributed by atoms with Crippen molar-refractivity contribution in [2.24, 2.45) is 0 Å². The number of amides is 1. The molecule has 0 aliphatic rings. The number of halogens is 1. The van der Waals surface area contributed by atoms with Crippen molar-refractivity contribution in [2.75, 3.05) is 5.75 Å². The van der Waals surface area contributed by atoms with Crippen molar-refractivity contribution in [3.05, 3.63) is 28.8 Å². The van der Waals surface area contributed by atoms with Crippen molar-refractivity contribution in [1.82, 2.24) is 5.32 Å². The van der Waals surface area contributed by atoms with Gasteiger partial charge in [0.25, 0.3) is 0 Å². The number of carboxylic acid groups (broad SMARTS) is 1. The highest BCUT2D eigenvalue weighted by Crippen LogP contribution is 2.21. The first-order valence-electron chi connectivity index (χ1n) is 5.68. The first kappa shape index (κ1) is 16.5. The van der Waals surface area contributed by atoms with E-state index in [1.165, 1.54) is 12.1 Å². The number of sulfone groups is 1. The van der Waals surface area contributed by atoms with Crippen LogP contribution in [-0.4, -0.2) is 37.2 Å². The molecule has 0 fully saturated rings. The second kappa shape index (κ2) is 6.23. The Morgan fingerprint density at radius 3 is 2.45 bits per heavy atom. The molecule has 0 aliphatic heterocycles. The van der Waals surface area contributed by atoms with Gasteiger partial charge in [0.2, 0.25) is 5.91 Å². The van der Waals surface area contributed by atoms with E-state index in [0.717, 1.165) is 6.07 Å². The maximum absolute atomic E-state index is 12.0. The number of carbonyl (C=O) groups excluding carboxylic acids is 1. The van der Waals surface area contributed by atoms with E-state index >= 15 is 0 Å². The highest BCUT2D eigenvalue weighted by molar-refractivity contribution is 7.92. The van der Waals surface area contributed by atoms with Crippen LogP contribution in [0.2, 0.25) is 5.02 Å². The molecule has 1 rings (SSSR count). The molecular formula is C12H14ClNO5S. The van der Waals surface area contributed by atoms with Crippen molar-refractivity contribution in [3.8, 4) is 0 Å². The number of rotatable bonds is 5. The summed E-state index contributed by atoms with van der Waals surface area (Å²) in [6.45, 7) is 3.41. The molecule has 0 heterocycles. The lowest BCUT2D eigenvalue weighted by Crippen LogP contribution is -2.35. The molecule has 1 aromatic carbocycles. The van der Waals surface area contributed by atoms with Crippen molar-refractivity contribution < 1.29 is 23.1 Å². The minimum absolute atomic E-state index is 0.0666. The van der Waals surface area contributed by atoms with E-state index < -0.39 is 27.5 Å². The normalized spacial score (nSPS) is 11.4. The minimum atomic E-state index is -3.91. The average molecular weight is 320 g/mol. The first-order chi connectivity index (χ1) is 9.13. The summed E-state index contributed by atoms with van der Waals surface area (Å²) in [4.78, 5) is 22.2. The van der Waals surface area contributed by atoms with E-state index in [1.54, 1.807) is 13.8 Å². The standard InChI is InChI=1S/C12H14ClNO5S/c1-7(2)14-11(15)6-20(18,19)8-3-4-10(13)9(5-8)12(16)17/h3-5,7H,6H2,1-2H3,(H,14,15)(H,16,17). The molecular weight excluding hydrogens is 306 g/mol. The summed E-state index contributed by atoms with van der Waals surface area (Å²) in [6.07, 6.45) is 0. The van der Waals surface area contributed by atoms with Crippen LogP contribution >= 0.6 is 11.6 Å². The Kier molecular flexibility index (Phi) is 5.13. The largest absolute Gasteiger partial charge is 0.478 e. The van der Waals surface area contributed by atoms with Crippen LogP contribution in [0.25, 0.3) is 0 Å². The monoisotopic (exact) mass is 319 g/mol. The summed E-state index contributed by atoms with van der Waals surface area (Å²) in [7, 11) is -3.91. The van der Waals surface area contributed by atoms with E-state index in [-0.39, 0.29) is 21.5 Å². The summed E-state index contributed by atoms with van der Waals surface area (Å²) in [6, 6.07) is 3.12. The third kappa shape index (κ3) is 4.21. The fourth-order valence-electron chi connectivity index (χ4n) is 1.48. The SMILES string of the molecule is CC(C)NC(=O)CS(=O)(=O)c1ccc(Cl)c(C(=O)O)c1. The third-order valence-electron chi connectivity index (χ3n) is 2.30. The lowest BCUT2D eigenvalue weighted by Gasteiger charge is -2.09. The van der Waals surface area contributed by atoms with Gasteiger partial charge in [-0.3, -0.25) is 4.79 Å². The van der Waals surface area contributed by atoms with Gasteiger partial charge in [-0.1, -0.05) is 11.6 Å². The molecule has 1 aromatic rings. The summed E-state index contributed by atoms with van der Waals surface area (Å²) in [5.74, 6) is -2.73. The maximum atomic E-state index is 12.0. The summed E-state index contributed by atoms with van der Waals surface area (Å²) >= 11 is 5.66. The molecule has 0 saturated carbocycles. The number of carbonyl (C=O) groups is 2. The van der Waals surface area contributed by atoms with Gasteiger partial charge in [-0.05, 0) is 32.0 Å². The first-order valence-corrected chi connectivity index (χ1v) is 7.71. The van der Waals surface area contributed by atoms with Gasteiger partial charge in [0.15, 0.2) is 9.84 Å². The Balaban J connectivity index is 3.07. The Morgan fingerprint density at radius 2 is 1.95 bits per heavy atom. The van der Waals surface area contributed by atoms with Crippen LogP contribution in [0.5, 0.6) is 0 Å². The zero-order valence-corrected chi connectivity index (χ0v) is 12.5. The molecule has 8 heteroatoms. The van der Waals surface area contributed by atoms with Crippen molar-refractivity contribution in [1.29, 1.82) is 0 Å². The lowest BCUT2D eigenvalue weighted by molar-refractivity contribution is -0.119. The van der Waals surface area contributed by atoms with Gasteiger partial charge in [-0.2, -0.15) is 0 Å². The molecule has 20 heavy (non-hydrogen) atoms. The van der Waals surface area contributed by atoms with Crippen molar-refractivity contribution in [2.45, 2.75) is 24.8 Å². The van der Waals surface area contributed by atoms with E-state index in [9.17, 15) is 18.0 Å². The van der Waals surface area contributed by atoms with Crippen LogP contribution in [0.15, 0.2) is 23.1 Å². The molecule has 0 spiro atoms. The number of hydrogen-bond acceptors (Lipinski definition) is 4. The Labute approximate surface area is 121 Å². The molecule has 1 amide bonds. The second-order valence-corrected chi connectivity index (χ2v) is 6.82.